The second kappa shape index (κ2) is 4.82. The Morgan fingerprint density at radius 1 is 1.44 bits per heavy atom. The van der Waals surface area contributed by atoms with E-state index in [4.69, 9.17) is 4.74 Å². The molecule has 1 aliphatic heterocycles. The van der Waals surface area contributed by atoms with Crippen molar-refractivity contribution in [1.82, 2.24) is 4.90 Å². The van der Waals surface area contributed by atoms with E-state index in [1.165, 1.54) is 4.90 Å². The molecule has 1 heterocycles. The van der Waals surface area contributed by atoms with Crippen LogP contribution in [-0.4, -0.2) is 46.7 Å². The van der Waals surface area contributed by atoms with Gasteiger partial charge < -0.3 is 14.7 Å². The number of hydrogen-bond donors (Lipinski definition) is 1. The lowest BCUT2D eigenvalue weighted by Crippen LogP contribution is -2.37. The first kappa shape index (κ1) is 13.0. The first-order valence-corrected chi connectivity index (χ1v) is 5.48. The van der Waals surface area contributed by atoms with Crippen molar-refractivity contribution in [3.8, 4) is 0 Å². The highest BCUT2D eigenvalue weighted by Crippen LogP contribution is 2.13. The average molecular weight is 229 g/mol. The largest absolute Gasteiger partial charge is 0.444 e. The molecular weight excluding hydrogens is 210 g/mol. The van der Waals surface area contributed by atoms with Gasteiger partial charge in [0, 0.05) is 19.5 Å². The zero-order chi connectivity index (χ0) is 12.3. The Balaban J connectivity index is 2.55. The summed E-state index contributed by atoms with van der Waals surface area (Å²) in [7, 11) is 0. The Labute approximate surface area is 95.4 Å². The molecule has 0 radical (unpaired) electrons. The zero-order valence-electron chi connectivity index (χ0n) is 10.0. The molecule has 0 aromatic carbocycles. The van der Waals surface area contributed by atoms with E-state index in [1.807, 2.05) is 0 Å². The number of rotatable bonds is 0. The maximum absolute atomic E-state index is 11.7. The summed E-state index contributed by atoms with van der Waals surface area (Å²) in [5, 5.41) is 9.36. The van der Waals surface area contributed by atoms with Gasteiger partial charge in [-0.25, -0.2) is 4.79 Å². The smallest absolute Gasteiger partial charge is 0.410 e. The number of hydrogen-bond acceptors (Lipinski definition) is 4. The number of likely N-dealkylation sites (tertiary alicyclic amines) is 1. The molecule has 16 heavy (non-hydrogen) atoms. The standard InChI is InChI=1S/C11H19NO4/c1-11(2,3)16-10(15)12-6-4-8(13)9(14)5-7-12/h8,13H,4-7H2,1-3H3/t8-/m0/s1. The van der Waals surface area contributed by atoms with Crippen LogP contribution in [0.2, 0.25) is 0 Å². The summed E-state index contributed by atoms with van der Waals surface area (Å²) in [6, 6.07) is 0. The summed E-state index contributed by atoms with van der Waals surface area (Å²) in [5.74, 6) is -0.203. The first-order chi connectivity index (χ1) is 7.29. The van der Waals surface area contributed by atoms with Crippen molar-refractivity contribution in [2.24, 2.45) is 0 Å². The van der Waals surface area contributed by atoms with Gasteiger partial charge in [-0.3, -0.25) is 4.79 Å². The molecule has 0 saturated carbocycles. The second-order valence-electron chi connectivity index (χ2n) is 4.99. The molecule has 1 amide bonds. The molecule has 0 spiro atoms. The lowest BCUT2D eigenvalue weighted by atomic mass is 10.1. The number of nitrogens with zero attached hydrogens (tertiary/aromatic N) is 1. The van der Waals surface area contributed by atoms with Crippen molar-refractivity contribution in [2.75, 3.05) is 13.1 Å². The van der Waals surface area contributed by atoms with Gasteiger partial charge >= 0.3 is 6.09 Å². The van der Waals surface area contributed by atoms with Crippen LogP contribution < -0.4 is 0 Å². The minimum Gasteiger partial charge on any atom is -0.444 e. The third kappa shape index (κ3) is 3.81. The third-order valence-corrected chi connectivity index (χ3v) is 2.32. The highest BCUT2D eigenvalue weighted by Gasteiger charge is 2.27. The summed E-state index contributed by atoms with van der Waals surface area (Å²) in [6.45, 7) is 6.07. The molecule has 1 N–H and O–H groups in total. The number of aliphatic hydroxyl groups is 1. The number of ketones is 1. The Bertz CT molecular complexity index is 282. The Morgan fingerprint density at radius 3 is 2.62 bits per heavy atom. The van der Waals surface area contributed by atoms with Crippen LogP contribution in [-0.2, 0) is 9.53 Å². The molecule has 1 aliphatic rings. The second-order valence-corrected chi connectivity index (χ2v) is 4.99. The highest BCUT2D eigenvalue weighted by atomic mass is 16.6. The van der Waals surface area contributed by atoms with E-state index in [1.54, 1.807) is 20.8 Å². The monoisotopic (exact) mass is 229 g/mol. The van der Waals surface area contributed by atoms with Crippen molar-refractivity contribution in [1.29, 1.82) is 0 Å². The van der Waals surface area contributed by atoms with Crippen LogP contribution in [0.4, 0.5) is 4.79 Å². The fourth-order valence-corrected chi connectivity index (χ4v) is 1.47. The van der Waals surface area contributed by atoms with E-state index in [2.05, 4.69) is 0 Å². The van der Waals surface area contributed by atoms with Gasteiger partial charge in [0.1, 0.15) is 11.7 Å². The predicted octanol–water partition coefficient (Wildman–Crippen LogP) is 0.947. The molecule has 1 rings (SSSR count). The molecule has 0 unspecified atom stereocenters. The summed E-state index contributed by atoms with van der Waals surface area (Å²) in [4.78, 5) is 24.4. The quantitative estimate of drug-likeness (QED) is 0.671. The number of ether oxygens (including phenoxy) is 1. The van der Waals surface area contributed by atoms with Crippen LogP contribution in [0.1, 0.15) is 33.6 Å². The molecule has 1 saturated heterocycles. The van der Waals surface area contributed by atoms with Crippen molar-refractivity contribution < 1.29 is 19.4 Å². The fraction of sp³-hybridized carbons (Fsp3) is 0.818. The van der Waals surface area contributed by atoms with E-state index < -0.39 is 17.8 Å². The number of aliphatic hydroxyl groups excluding tert-OH is 1. The number of carbonyl (C=O) groups excluding carboxylic acids is 2. The molecule has 1 fully saturated rings. The van der Waals surface area contributed by atoms with Crippen LogP contribution in [0.25, 0.3) is 0 Å². The molecular formula is C11H19NO4. The summed E-state index contributed by atoms with van der Waals surface area (Å²) in [6.07, 6.45) is -0.875. The lowest BCUT2D eigenvalue weighted by Gasteiger charge is -2.26. The molecule has 0 aromatic heterocycles. The molecule has 0 aromatic rings. The van der Waals surface area contributed by atoms with Crippen LogP contribution in [0.3, 0.4) is 0 Å². The van der Waals surface area contributed by atoms with Gasteiger partial charge in [-0.1, -0.05) is 0 Å². The molecule has 1 atom stereocenters. The van der Waals surface area contributed by atoms with Crippen molar-refractivity contribution in [3.63, 3.8) is 0 Å². The average Bonchev–Trinajstić information content (AvgIpc) is 2.28. The van der Waals surface area contributed by atoms with Crippen molar-refractivity contribution in [2.45, 2.75) is 45.3 Å². The minimum absolute atomic E-state index is 0.195. The molecule has 92 valence electrons. The summed E-state index contributed by atoms with van der Waals surface area (Å²) >= 11 is 0. The van der Waals surface area contributed by atoms with Gasteiger partial charge in [0.25, 0.3) is 0 Å². The van der Waals surface area contributed by atoms with E-state index in [0.29, 0.717) is 13.1 Å². The van der Waals surface area contributed by atoms with Gasteiger partial charge in [-0.05, 0) is 27.2 Å². The van der Waals surface area contributed by atoms with Crippen LogP contribution in [0.15, 0.2) is 0 Å². The molecule has 0 bridgehead atoms. The first-order valence-electron chi connectivity index (χ1n) is 5.48. The van der Waals surface area contributed by atoms with E-state index >= 15 is 0 Å². The summed E-state index contributed by atoms with van der Waals surface area (Å²) < 4.78 is 5.20. The topological polar surface area (TPSA) is 66.8 Å². The van der Waals surface area contributed by atoms with Crippen molar-refractivity contribution in [3.05, 3.63) is 0 Å². The van der Waals surface area contributed by atoms with Gasteiger partial charge in [0.15, 0.2) is 5.78 Å². The third-order valence-electron chi connectivity index (χ3n) is 2.32. The highest BCUT2D eigenvalue weighted by molar-refractivity contribution is 5.84. The number of carbonyl (C=O) groups is 2. The maximum Gasteiger partial charge on any atom is 0.410 e. The normalized spacial score (nSPS) is 22.9. The van der Waals surface area contributed by atoms with Crippen molar-refractivity contribution >= 4 is 11.9 Å². The van der Waals surface area contributed by atoms with Gasteiger partial charge in [0.2, 0.25) is 0 Å². The molecule has 5 nitrogen and oxygen atoms in total. The zero-order valence-corrected chi connectivity index (χ0v) is 10.0. The van der Waals surface area contributed by atoms with E-state index in [0.717, 1.165) is 0 Å². The SMILES string of the molecule is CC(C)(C)OC(=O)N1CCC(=O)[C@@H](O)CC1. The Kier molecular flexibility index (Phi) is 3.91. The predicted molar refractivity (Wildman–Crippen MR) is 58.1 cm³/mol. The van der Waals surface area contributed by atoms with Gasteiger partial charge in [-0.2, -0.15) is 0 Å². The lowest BCUT2D eigenvalue weighted by molar-refractivity contribution is -0.126. The Hall–Kier alpha value is -1.10. The molecule has 0 aliphatic carbocycles. The number of Topliss-reactive ketones (excluding diaryl/α,β-unsaturated/α-hetero) is 1. The Morgan fingerprint density at radius 2 is 2.06 bits per heavy atom. The minimum atomic E-state index is -0.938. The van der Waals surface area contributed by atoms with Crippen LogP contribution in [0.5, 0.6) is 0 Å². The summed E-state index contributed by atoms with van der Waals surface area (Å²) in [5.41, 5.74) is -0.536. The fourth-order valence-electron chi connectivity index (χ4n) is 1.47. The van der Waals surface area contributed by atoms with Gasteiger partial charge in [-0.15, -0.1) is 0 Å². The van der Waals surface area contributed by atoms with E-state index in [9.17, 15) is 14.7 Å². The van der Waals surface area contributed by atoms with E-state index in [-0.39, 0.29) is 18.6 Å². The maximum atomic E-state index is 11.7. The van der Waals surface area contributed by atoms with Crippen LogP contribution in [0, 0.1) is 0 Å². The number of amides is 1. The molecule has 5 heteroatoms. The van der Waals surface area contributed by atoms with Gasteiger partial charge in [0.05, 0.1) is 0 Å². The van der Waals surface area contributed by atoms with Crippen LogP contribution >= 0.6 is 0 Å².